The lowest BCUT2D eigenvalue weighted by Crippen LogP contribution is -2.07. The highest BCUT2D eigenvalue weighted by Gasteiger charge is 2.08. The van der Waals surface area contributed by atoms with E-state index in [2.05, 4.69) is 22.0 Å². The largest absolute Gasteiger partial charge is 0.395 e. The fourth-order valence-corrected chi connectivity index (χ4v) is 4.06. The smallest absolute Gasteiger partial charge is 0.208 e. The van der Waals surface area contributed by atoms with Crippen molar-refractivity contribution in [2.24, 2.45) is 0 Å². The molecule has 0 aliphatic heterocycles. The molecule has 1 N–H and O–H groups in total. The SMILES string of the molecule is CN(C)c1nnc(SCc2sccc2C#CCCO)s1. The number of rotatable bonds is 5. The molecule has 20 heavy (non-hydrogen) atoms. The van der Waals surface area contributed by atoms with Crippen LogP contribution in [0.3, 0.4) is 0 Å². The van der Waals surface area contributed by atoms with E-state index in [1.807, 2.05) is 30.4 Å². The predicted molar refractivity (Wildman–Crippen MR) is 86.7 cm³/mol. The van der Waals surface area contributed by atoms with E-state index in [-0.39, 0.29) is 6.61 Å². The van der Waals surface area contributed by atoms with Gasteiger partial charge in [-0.05, 0) is 11.4 Å². The quantitative estimate of drug-likeness (QED) is 0.676. The number of aliphatic hydroxyl groups is 1. The number of thiophene rings is 1. The summed E-state index contributed by atoms with van der Waals surface area (Å²) in [6, 6.07) is 2.02. The normalized spacial score (nSPS) is 10.2. The third-order valence-corrected chi connectivity index (χ3v) is 5.66. The maximum atomic E-state index is 8.74. The van der Waals surface area contributed by atoms with Crippen LogP contribution in [0.4, 0.5) is 5.13 Å². The van der Waals surface area contributed by atoms with Gasteiger partial charge in [-0.15, -0.1) is 21.5 Å². The molecule has 0 atom stereocenters. The highest BCUT2D eigenvalue weighted by Crippen LogP contribution is 2.31. The minimum Gasteiger partial charge on any atom is -0.395 e. The molecule has 2 aromatic rings. The Morgan fingerprint density at radius 3 is 2.95 bits per heavy atom. The van der Waals surface area contributed by atoms with Crippen LogP contribution in [0.15, 0.2) is 15.8 Å². The van der Waals surface area contributed by atoms with Gasteiger partial charge in [0.15, 0.2) is 4.34 Å². The number of anilines is 1. The lowest BCUT2D eigenvalue weighted by Gasteiger charge is -2.03. The van der Waals surface area contributed by atoms with Crippen molar-refractivity contribution in [2.45, 2.75) is 16.5 Å². The molecular formula is C13H15N3OS3. The maximum absolute atomic E-state index is 8.74. The van der Waals surface area contributed by atoms with E-state index in [9.17, 15) is 0 Å². The minimum atomic E-state index is 0.110. The van der Waals surface area contributed by atoms with E-state index in [1.165, 1.54) is 4.88 Å². The average Bonchev–Trinajstić information content (AvgIpc) is 3.05. The zero-order valence-corrected chi connectivity index (χ0v) is 13.7. The Hall–Kier alpha value is -1.07. The fourth-order valence-electron chi connectivity index (χ4n) is 1.35. The first-order valence-electron chi connectivity index (χ1n) is 6.00. The second-order valence-corrected chi connectivity index (χ2v) is 7.25. The van der Waals surface area contributed by atoms with Gasteiger partial charge in [0.1, 0.15) is 0 Å². The topological polar surface area (TPSA) is 49.2 Å². The monoisotopic (exact) mass is 325 g/mol. The molecule has 7 heteroatoms. The lowest BCUT2D eigenvalue weighted by molar-refractivity contribution is 0.305. The number of nitrogens with zero attached hydrogens (tertiary/aromatic N) is 3. The highest BCUT2D eigenvalue weighted by atomic mass is 32.2. The van der Waals surface area contributed by atoms with Crippen molar-refractivity contribution < 1.29 is 5.11 Å². The molecule has 0 bridgehead atoms. The third-order valence-electron chi connectivity index (χ3n) is 2.31. The Balaban J connectivity index is 1.97. The molecule has 0 saturated carbocycles. The van der Waals surface area contributed by atoms with E-state index >= 15 is 0 Å². The summed E-state index contributed by atoms with van der Waals surface area (Å²) >= 11 is 4.97. The van der Waals surface area contributed by atoms with Gasteiger partial charge in [-0.1, -0.05) is 34.9 Å². The Labute approximate surface area is 130 Å². The van der Waals surface area contributed by atoms with Gasteiger partial charge in [0.25, 0.3) is 0 Å². The van der Waals surface area contributed by atoms with E-state index in [1.54, 1.807) is 34.4 Å². The first-order chi connectivity index (χ1) is 9.70. The fraction of sp³-hybridized carbons (Fsp3) is 0.385. The first-order valence-corrected chi connectivity index (χ1v) is 8.68. The number of aliphatic hydroxyl groups excluding tert-OH is 1. The number of hydrogen-bond donors (Lipinski definition) is 1. The summed E-state index contributed by atoms with van der Waals surface area (Å²) in [5.41, 5.74) is 1.05. The molecule has 0 aliphatic carbocycles. The van der Waals surface area contributed by atoms with Crippen molar-refractivity contribution in [1.82, 2.24) is 10.2 Å². The summed E-state index contributed by atoms with van der Waals surface area (Å²) < 4.78 is 0.969. The van der Waals surface area contributed by atoms with Crippen molar-refractivity contribution in [1.29, 1.82) is 0 Å². The standard InChI is InChI=1S/C13H15N3OS3/c1-16(2)12-14-15-13(20-12)19-9-11-10(6-8-18-11)5-3-4-7-17/h6,8,17H,4,7,9H2,1-2H3. The average molecular weight is 325 g/mol. The Morgan fingerprint density at radius 1 is 1.40 bits per heavy atom. The molecule has 2 aromatic heterocycles. The van der Waals surface area contributed by atoms with Crippen molar-refractivity contribution in [3.63, 3.8) is 0 Å². The second-order valence-electron chi connectivity index (χ2n) is 4.07. The summed E-state index contributed by atoms with van der Waals surface area (Å²) in [6.07, 6.45) is 0.519. The van der Waals surface area contributed by atoms with Crippen LogP contribution in [-0.2, 0) is 5.75 Å². The van der Waals surface area contributed by atoms with Crippen LogP contribution >= 0.6 is 34.4 Å². The summed E-state index contributed by atoms with van der Waals surface area (Å²) in [5.74, 6) is 6.91. The molecule has 0 aliphatic rings. The Bertz CT molecular complexity index is 610. The lowest BCUT2D eigenvalue weighted by atomic mass is 10.2. The van der Waals surface area contributed by atoms with Crippen LogP contribution in [0.1, 0.15) is 16.9 Å². The zero-order valence-electron chi connectivity index (χ0n) is 11.3. The van der Waals surface area contributed by atoms with Gasteiger partial charge in [0.05, 0.1) is 6.61 Å². The van der Waals surface area contributed by atoms with Gasteiger partial charge >= 0.3 is 0 Å². The summed E-state index contributed by atoms with van der Waals surface area (Å²) in [6.45, 7) is 0.110. The van der Waals surface area contributed by atoms with Gasteiger partial charge in [-0.3, -0.25) is 0 Å². The first kappa shape index (κ1) is 15.3. The highest BCUT2D eigenvalue weighted by molar-refractivity contribution is 8.00. The van der Waals surface area contributed by atoms with Gasteiger partial charge < -0.3 is 10.0 Å². The van der Waals surface area contributed by atoms with Gasteiger partial charge in [0, 0.05) is 36.7 Å². The Kier molecular flexibility index (Phi) is 5.86. The molecule has 0 aromatic carbocycles. The molecule has 4 nitrogen and oxygen atoms in total. The van der Waals surface area contributed by atoms with Crippen LogP contribution in [0.25, 0.3) is 0 Å². The molecular weight excluding hydrogens is 310 g/mol. The van der Waals surface area contributed by atoms with Crippen molar-refractivity contribution in [3.05, 3.63) is 21.9 Å². The van der Waals surface area contributed by atoms with E-state index < -0.39 is 0 Å². The summed E-state index contributed by atoms with van der Waals surface area (Å²) in [5, 5.41) is 20.0. The van der Waals surface area contributed by atoms with Crippen LogP contribution in [0.2, 0.25) is 0 Å². The van der Waals surface area contributed by atoms with Gasteiger partial charge in [-0.2, -0.15) is 0 Å². The van der Waals surface area contributed by atoms with E-state index in [4.69, 9.17) is 5.11 Å². The summed E-state index contributed by atoms with van der Waals surface area (Å²) in [7, 11) is 3.92. The molecule has 0 unspecified atom stereocenters. The molecule has 0 amide bonds. The van der Waals surface area contributed by atoms with Crippen molar-refractivity contribution >= 4 is 39.6 Å². The Morgan fingerprint density at radius 2 is 2.25 bits per heavy atom. The molecule has 0 spiro atoms. The van der Waals surface area contributed by atoms with E-state index in [0.717, 1.165) is 20.8 Å². The minimum absolute atomic E-state index is 0.110. The van der Waals surface area contributed by atoms with E-state index in [0.29, 0.717) is 6.42 Å². The number of aromatic nitrogens is 2. The molecule has 0 saturated heterocycles. The molecule has 0 radical (unpaired) electrons. The van der Waals surface area contributed by atoms with Crippen LogP contribution < -0.4 is 4.90 Å². The second kappa shape index (κ2) is 7.64. The number of hydrogen-bond acceptors (Lipinski definition) is 7. The maximum Gasteiger partial charge on any atom is 0.208 e. The van der Waals surface area contributed by atoms with Crippen molar-refractivity contribution in [3.8, 4) is 11.8 Å². The third kappa shape index (κ3) is 4.21. The van der Waals surface area contributed by atoms with Crippen LogP contribution in [0, 0.1) is 11.8 Å². The molecule has 2 heterocycles. The zero-order chi connectivity index (χ0) is 14.4. The number of thioether (sulfide) groups is 1. The van der Waals surface area contributed by atoms with Gasteiger partial charge in [0.2, 0.25) is 5.13 Å². The van der Waals surface area contributed by atoms with Crippen molar-refractivity contribution in [2.75, 3.05) is 25.6 Å². The molecule has 0 fully saturated rings. The van der Waals surface area contributed by atoms with Gasteiger partial charge in [-0.25, -0.2) is 0 Å². The van der Waals surface area contributed by atoms with Crippen LogP contribution in [-0.4, -0.2) is 36.0 Å². The molecule has 2 rings (SSSR count). The predicted octanol–water partition coefficient (Wildman–Crippen LogP) is 2.69. The molecule has 106 valence electrons. The van der Waals surface area contributed by atoms with Crippen LogP contribution in [0.5, 0.6) is 0 Å². The summed E-state index contributed by atoms with van der Waals surface area (Å²) in [4.78, 5) is 3.20.